The smallest absolute Gasteiger partial charge is 0.267 e. The number of hydrogen-bond donors (Lipinski definition) is 0. The van der Waals surface area contributed by atoms with Crippen LogP contribution in [0, 0.1) is 0 Å². The molecule has 0 saturated heterocycles. The highest BCUT2D eigenvalue weighted by atomic mass is 32.1. The molecular formula is C25H18N2O4S. The Labute approximate surface area is 187 Å². The highest BCUT2D eigenvalue weighted by Gasteiger charge is 2.25. The van der Waals surface area contributed by atoms with Crippen LogP contribution in [-0.4, -0.2) is 18.0 Å². The number of methoxy groups -OCH3 is 1. The third-order valence-electron chi connectivity index (χ3n) is 5.15. The molecule has 0 bridgehead atoms. The zero-order valence-electron chi connectivity index (χ0n) is 17.1. The number of para-hydroxylation sites is 1. The fourth-order valence-electron chi connectivity index (χ4n) is 3.50. The number of amides is 1. The van der Waals surface area contributed by atoms with E-state index in [1.165, 1.54) is 22.5 Å². The first-order valence-corrected chi connectivity index (χ1v) is 10.8. The van der Waals surface area contributed by atoms with Gasteiger partial charge in [0.05, 0.1) is 29.3 Å². The monoisotopic (exact) mass is 442 g/mol. The summed E-state index contributed by atoms with van der Waals surface area (Å²) in [5, 5.41) is 0.863. The number of aromatic nitrogens is 1. The lowest BCUT2D eigenvalue weighted by molar-refractivity contribution is 0.0982. The molecule has 0 N–H and O–H groups in total. The average Bonchev–Trinajstić information content (AvgIpc) is 3.26. The molecule has 0 aliphatic rings. The topological polar surface area (TPSA) is 72.6 Å². The van der Waals surface area contributed by atoms with Crippen LogP contribution in [0.4, 0.5) is 5.13 Å². The third-order valence-corrected chi connectivity index (χ3v) is 6.21. The van der Waals surface area contributed by atoms with Crippen LogP contribution in [0.1, 0.15) is 15.9 Å². The molecule has 0 atom stereocenters. The van der Waals surface area contributed by atoms with E-state index in [2.05, 4.69) is 4.98 Å². The number of anilines is 1. The summed E-state index contributed by atoms with van der Waals surface area (Å²) >= 11 is 1.38. The van der Waals surface area contributed by atoms with Crippen LogP contribution in [0.3, 0.4) is 0 Å². The van der Waals surface area contributed by atoms with Crippen molar-refractivity contribution in [3.8, 4) is 5.75 Å². The van der Waals surface area contributed by atoms with E-state index in [0.717, 1.165) is 15.8 Å². The molecule has 0 saturated carbocycles. The van der Waals surface area contributed by atoms with Crippen molar-refractivity contribution in [2.45, 2.75) is 6.54 Å². The summed E-state index contributed by atoms with van der Waals surface area (Å²) in [6.45, 7) is 0.267. The van der Waals surface area contributed by atoms with Gasteiger partial charge in [0.15, 0.2) is 5.13 Å². The Hall–Kier alpha value is -3.97. The maximum atomic E-state index is 13.6. The summed E-state index contributed by atoms with van der Waals surface area (Å²) in [6, 6.07) is 22.1. The van der Waals surface area contributed by atoms with Crippen LogP contribution in [0.2, 0.25) is 0 Å². The van der Waals surface area contributed by atoms with Crippen LogP contribution in [0.15, 0.2) is 88.3 Å². The molecular weight excluding hydrogens is 424 g/mol. The number of fused-ring (bicyclic) bond motifs is 2. The first-order chi connectivity index (χ1) is 15.6. The minimum Gasteiger partial charge on any atom is -0.497 e. The van der Waals surface area contributed by atoms with E-state index in [4.69, 9.17) is 9.15 Å². The Morgan fingerprint density at radius 1 is 1.06 bits per heavy atom. The molecule has 2 heterocycles. The summed E-state index contributed by atoms with van der Waals surface area (Å²) in [5.74, 6) is 0.227. The minimum atomic E-state index is -0.459. The van der Waals surface area contributed by atoms with Crippen LogP contribution in [-0.2, 0) is 6.54 Å². The fraction of sp³-hybridized carbons (Fsp3) is 0.0800. The molecule has 0 fully saturated rings. The molecule has 3 aromatic carbocycles. The number of thiazole rings is 1. The van der Waals surface area contributed by atoms with Crippen molar-refractivity contribution in [2.24, 2.45) is 0 Å². The van der Waals surface area contributed by atoms with Crippen LogP contribution < -0.4 is 15.1 Å². The Morgan fingerprint density at radius 3 is 2.66 bits per heavy atom. The van der Waals surface area contributed by atoms with Crippen LogP contribution in [0.5, 0.6) is 5.75 Å². The standard InChI is InChI=1S/C25H18N2O4S/c1-30-17-11-12-22-20(13-17)26-25(32-22)27(14-16-7-3-2-4-8-16)24(29)19-15-31-21-10-6-5-9-18(21)23(19)28/h2-13,15H,14H2,1H3. The SMILES string of the molecule is COc1ccc2sc(N(Cc3ccccc3)C(=O)c3coc4ccccc4c3=O)nc2c1. The van der Waals surface area contributed by atoms with Gasteiger partial charge in [0.2, 0.25) is 5.43 Å². The molecule has 0 unspecified atom stereocenters. The van der Waals surface area contributed by atoms with Gasteiger partial charge in [0.25, 0.3) is 5.91 Å². The van der Waals surface area contributed by atoms with E-state index in [9.17, 15) is 9.59 Å². The van der Waals surface area contributed by atoms with Gasteiger partial charge >= 0.3 is 0 Å². The van der Waals surface area contributed by atoms with E-state index < -0.39 is 5.91 Å². The van der Waals surface area contributed by atoms with E-state index in [0.29, 0.717) is 21.9 Å². The summed E-state index contributed by atoms with van der Waals surface area (Å²) in [5.41, 5.74) is 1.69. The van der Waals surface area contributed by atoms with Crippen molar-refractivity contribution < 1.29 is 13.9 Å². The Bertz CT molecular complexity index is 1490. The lowest BCUT2D eigenvalue weighted by Gasteiger charge is -2.19. The normalized spacial score (nSPS) is 11.0. The number of carbonyl (C=O) groups excluding carboxylic acids is 1. The van der Waals surface area contributed by atoms with Gasteiger partial charge in [-0.15, -0.1) is 0 Å². The van der Waals surface area contributed by atoms with Crippen molar-refractivity contribution in [3.63, 3.8) is 0 Å². The number of carbonyl (C=O) groups is 1. The molecule has 7 heteroatoms. The average molecular weight is 442 g/mol. The highest BCUT2D eigenvalue weighted by Crippen LogP contribution is 2.32. The maximum Gasteiger partial charge on any atom is 0.267 e. The molecule has 0 aliphatic heterocycles. The van der Waals surface area contributed by atoms with Gasteiger partial charge < -0.3 is 9.15 Å². The van der Waals surface area contributed by atoms with Gasteiger partial charge in [-0.1, -0.05) is 53.8 Å². The minimum absolute atomic E-state index is 0.0310. The van der Waals surface area contributed by atoms with Crippen molar-refractivity contribution >= 4 is 43.6 Å². The maximum absolute atomic E-state index is 13.6. The zero-order chi connectivity index (χ0) is 22.1. The quantitative estimate of drug-likeness (QED) is 0.371. The Balaban J connectivity index is 1.62. The van der Waals surface area contributed by atoms with Crippen molar-refractivity contribution in [2.75, 3.05) is 12.0 Å². The van der Waals surface area contributed by atoms with Crippen LogP contribution >= 0.6 is 11.3 Å². The predicted molar refractivity (Wildman–Crippen MR) is 126 cm³/mol. The second kappa shape index (κ2) is 8.28. The number of hydrogen-bond acceptors (Lipinski definition) is 6. The molecule has 32 heavy (non-hydrogen) atoms. The van der Waals surface area contributed by atoms with Crippen molar-refractivity contribution in [3.05, 3.63) is 100 Å². The fourth-order valence-corrected chi connectivity index (χ4v) is 4.44. The van der Waals surface area contributed by atoms with Gasteiger partial charge in [0, 0.05) is 6.07 Å². The molecule has 158 valence electrons. The number of ether oxygens (including phenoxy) is 1. The number of rotatable bonds is 5. The molecule has 2 aromatic heterocycles. The molecule has 5 aromatic rings. The lowest BCUT2D eigenvalue weighted by Crippen LogP contribution is -2.33. The zero-order valence-corrected chi connectivity index (χ0v) is 18.0. The second-order valence-corrected chi connectivity index (χ2v) is 8.19. The predicted octanol–water partition coefficient (Wildman–Crippen LogP) is 5.26. The van der Waals surface area contributed by atoms with Gasteiger partial charge in [-0.25, -0.2) is 4.98 Å². The summed E-state index contributed by atoms with van der Waals surface area (Å²) < 4.78 is 11.8. The Morgan fingerprint density at radius 2 is 1.84 bits per heavy atom. The second-order valence-electron chi connectivity index (χ2n) is 7.18. The first-order valence-electron chi connectivity index (χ1n) is 9.95. The number of nitrogens with zero attached hydrogens (tertiary/aromatic N) is 2. The molecule has 0 aliphatic carbocycles. The highest BCUT2D eigenvalue weighted by molar-refractivity contribution is 7.22. The van der Waals surface area contributed by atoms with E-state index in [1.54, 1.807) is 31.4 Å². The van der Waals surface area contributed by atoms with Crippen molar-refractivity contribution in [1.29, 1.82) is 0 Å². The number of benzene rings is 3. The Kier molecular flexibility index (Phi) is 5.17. The van der Waals surface area contributed by atoms with E-state index in [-0.39, 0.29) is 17.5 Å². The molecule has 6 nitrogen and oxygen atoms in total. The van der Waals surface area contributed by atoms with E-state index in [1.807, 2.05) is 48.5 Å². The lowest BCUT2D eigenvalue weighted by atomic mass is 10.1. The largest absolute Gasteiger partial charge is 0.497 e. The van der Waals surface area contributed by atoms with Crippen molar-refractivity contribution in [1.82, 2.24) is 4.98 Å². The molecule has 1 amide bonds. The summed E-state index contributed by atoms with van der Waals surface area (Å²) in [4.78, 5) is 32.9. The summed E-state index contributed by atoms with van der Waals surface area (Å²) in [6.07, 6.45) is 1.24. The molecule has 5 rings (SSSR count). The van der Waals surface area contributed by atoms with Gasteiger partial charge in [-0.3, -0.25) is 14.5 Å². The molecule has 0 radical (unpaired) electrons. The summed E-state index contributed by atoms with van der Waals surface area (Å²) in [7, 11) is 1.60. The van der Waals surface area contributed by atoms with E-state index >= 15 is 0 Å². The molecule has 0 spiro atoms. The first kappa shape index (κ1) is 20.0. The van der Waals surface area contributed by atoms with Gasteiger partial charge in [0.1, 0.15) is 23.2 Å². The van der Waals surface area contributed by atoms with Crippen LogP contribution in [0.25, 0.3) is 21.2 Å². The third kappa shape index (κ3) is 3.63. The van der Waals surface area contributed by atoms with Gasteiger partial charge in [-0.05, 0) is 29.8 Å². The van der Waals surface area contributed by atoms with Gasteiger partial charge in [-0.2, -0.15) is 0 Å².